The van der Waals surface area contributed by atoms with Gasteiger partial charge in [0.25, 0.3) is 0 Å². The summed E-state index contributed by atoms with van der Waals surface area (Å²) < 4.78 is 10.3. The molecule has 1 aromatic heterocycles. The molecule has 1 fully saturated rings. The minimum absolute atomic E-state index is 0.294. The number of halogens is 1. The topological polar surface area (TPSA) is 64.5 Å². The lowest BCUT2D eigenvalue weighted by atomic mass is 10.1. The number of hydrogen-bond acceptors (Lipinski definition) is 5. The fourth-order valence-corrected chi connectivity index (χ4v) is 2.38. The summed E-state index contributed by atoms with van der Waals surface area (Å²) in [7, 11) is 0. The van der Waals surface area contributed by atoms with E-state index in [-0.39, 0.29) is 0 Å². The molecule has 0 amide bonds. The number of nitrogens with two attached hydrogens (primary N) is 1. The van der Waals surface area contributed by atoms with E-state index in [0.29, 0.717) is 16.6 Å². The van der Waals surface area contributed by atoms with Gasteiger partial charge in [0.05, 0.1) is 13.2 Å². The monoisotopic (exact) mass is 279 g/mol. The van der Waals surface area contributed by atoms with Gasteiger partial charge in [-0.1, -0.05) is 16.8 Å². The van der Waals surface area contributed by atoms with E-state index in [2.05, 4.69) is 10.1 Å². The van der Waals surface area contributed by atoms with E-state index in [1.807, 2.05) is 18.2 Å². The highest BCUT2D eigenvalue weighted by Crippen LogP contribution is 2.33. The van der Waals surface area contributed by atoms with Gasteiger partial charge in [-0.15, -0.1) is 0 Å². The lowest BCUT2D eigenvalue weighted by Crippen LogP contribution is -2.36. The molecule has 0 spiro atoms. The van der Waals surface area contributed by atoms with E-state index in [4.69, 9.17) is 26.6 Å². The van der Waals surface area contributed by atoms with Crippen molar-refractivity contribution in [3.8, 4) is 11.3 Å². The van der Waals surface area contributed by atoms with Gasteiger partial charge in [-0.2, -0.15) is 0 Å². The average molecular weight is 280 g/mol. The summed E-state index contributed by atoms with van der Waals surface area (Å²) in [6.07, 6.45) is 0. The number of anilines is 2. The van der Waals surface area contributed by atoms with E-state index in [1.165, 1.54) is 0 Å². The van der Waals surface area contributed by atoms with Gasteiger partial charge in [0.2, 0.25) is 5.88 Å². The van der Waals surface area contributed by atoms with Gasteiger partial charge >= 0.3 is 0 Å². The number of hydrogen-bond donors (Lipinski definition) is 1. The molecule has 2 N–H and O–H groups in total. The van der Waals surface area contributed by atoms with E-state index in [1.54, 1.807) is 6.07 Å². The maximum atomic E-state index is 6.08. The van der Waals surface area contributed by atoms with Crippen LogP contribution < -0.4 is 10.6 Å². The first-order valence-electron chi connectivity index (χ1n) is 6.09. The number of ether oxygens (including phenoxy) is 1. The molecule has 0 atom stereocenters. The van der Waals surface area contributed by atoms with Crippen LogP contribution in [0.25, 0.3) is 11.3 Å². The summed E-state index contributed by atoms with van der Waals surface area (Å²) in [5.41, 5.74) is 8.28. The molecule has 2 aromatic rings. The molecule has 19 heavy (non-hydrogen) atoms. The smallest absolute Gasteiger partial charge is 0.222 e. The van der Waals surface area contributed by atoms with Gasteiger partial charge in [0.15, 0.2) is 0 Å². The highest BCUT2D eigenvalue weighted by Gasteiger charge is 2.18. The molecule has 5 nitrogen and oxygen atoms in total. The van der Waals surface area contributed by atoms with Crippen molar-refractivity contribution in [1.29, 1.82) is 0 Å². The quantitative estimate of drug-likeness (QED) is 0.914. The molecule has 0 saturated carbocycles. The fourth-order valence-electron chi connectivity index (χ4n) is 2.21. The van der Waals surface area contributed by atoms with Gasteiger partial charge in [0, 0.05) is 35.4 Å². The van der Waals surface area contributed by atoms with Crippen LogP contribution in [0.15, 0.2) is 28.8 Å². The van der Waals surface area contributed by atoms with Gasteiger partial charge < -0.3 is 19.9 Å². The molecule has 0 aliphatic carbocycles. The van der Waals surface area contributed by atoms with Crippen LogP contribution in [0.1, 0.15) is 0 Å². The zero-order valence-corrected chi connectivity index (χ0v) is 11.1. The Labute approximate surface area is 115 Å². The van der Waals surface area contributed by atoms with Gasteiger partial charge in [-0.25, -0.2) is 0 Å². The van der Waals surface area contributed by atoms with Gasteiger partial charge in [-0.05, 0) is 18.2 Å². The Hall–Kier alpha value is -1.72. The molecular weight excluding hydrogens is 266 g/mol. The molecule has 100 valence electrons. The lowest BCUT2D eigenvalue weighted by molar-refractivity contribution is 0.123. The highest BCUT2D eigenvalue weighted by atomic mass is 35.5. The predicted molar refractivity (Wildman–Crippen MR) is 74.4 cm³/mol. The molecule has 3 rings (SSSR count). The summed E-state index contributed by atoms with van der Waals surface area (Å²) in [5, 5.41) is 4.63. The second-order valence-corrected chi connectivity index (χ2v) is 4.81. The number of nitrogens with zero attached hydrogens (tertiary/aromatic N) is 2. The molecule has 1 aliphatic heterocycles. The van der Waals surface area contributed by atoms with Gasteiger partial charge in [0.1, 0.15) is 5.69 Å². The molecule has 0 bridgehead atoms. The second-order valence-electron chi connectivity index (χ2n) is 4.38. The predicted octanol–water partition coefficient (Wildman–Crippen LogP) is 2.41. The molecule has 0 unspecified atom stereocenters. The largest absolute Gasteiger partial charge is 0.378 e. The summed E-state index contributed by atoms with van der Waals surface area (Å²) in [6, 6.07) is 7.45. The van der Waals surface area contributed by atoms with Crippen molar-refractivity contribution < 1.29 is 9.26 Å². The van der Waals surface area contributed by atoms with Crippen LogP contribution in [-0.2, 0) is 4.74 Å². The molecule has 6 heteroatoms. The normalized spacial score (nSPS) is 15.7. The Morgan fingerprint density at radius 1 is 1.21 bits per heavy atom. The molecule has 1 aliphatic rings. The third kappa shape index (κ3) is 2.52. The highest BCUT2D eigenvalue weighted by molar-refractivity contribution is 6.31. The number of benzene rings is 1. The van der Waals surface area contributed by atoms with Crippen LogP contribution in [0, 0.1) is 0 Å². The first-order chi connectivity index (χ1) is 9.24. The first-order valence-corrected chi connectivity index (χ1v) is 6.46. The van der Waals surface area contributed by atoms with Crippen LogP contribution in [0.4, 0.5) is 11.6 Å². The fraction of sp³-hybridized carbons (Fsp3) is 0.308. The van der Waals surface area contributed by atoms with Gasteiger partial charge in [-0.3, -0.25) is 0 Å². The zero-order valence-electron chi connectivity index (χ0n) is 10.3. The Kier molecular flexibility index (Phi) is 3.31. The third-order valence-electron chi connectivity index (χ3n) is 3.11. The van der Waals surface area contributed by atoms with Crippen molar-refractivity contribution in [3.05, 3.63) is 29.3 Å². The lowest BCUT2D eigenvalue weighted by Gasteiger charge is -2.30. The Morgan fingerprint density at radius 3 is 2.68 bits per heavy atom. The summed E-state index contributed by atoms with van der Waals surface area (Å²) in [4.78, 5) is 2.25. The van der Waals surface area contributed by atoms with Crippen molar-refractivity contribution in [2.24, 2.45) is 0 Å². The SMILES string of the molecule is Nc1cc(-c2cc(Cl)ccc2N2CCOCC2)no1. The Balaban J connectivity index is 2.03. The van der Waals surface area contributed by atoms with Crippen molar-refractivity contribution in [2.75, 3.05) is 36.9 Å². The van der Waals surface area contributed by atoms with Crippen LogP contribution >= 0.6 is 11.6 Å². The number of rotatable bonds is 2. The van der Waals surface area contributed by atoms with Crippen LogP contribution in [0.5, 0.6) is 0 Å². The van der Waals surface area contributed by atoms with Crippen LogP contribution in [-0.4, -0.2) is 31.5 Å². The summed E-state index contributed by atoms with van der Waals surface area (Å²) in [5.74, 6) is 0.294. The zero-order chi connectivity index (χ0) is 13.2. The van der Waals surface area contributed by atoms with E-state index in [0.717, 1.165) is 37.6 Å². The number of nitrogen functional groups attached to an aromatic ring is 1. The Morgan fingerprint density at radius 2 is 2.00 bits per heavy atom. The second kappa shape index (κ2) is 5.11. The summed E-state index contributed by atoms with van der Waals surface area (Å²) in [6.45, 7) is 3.15. The first kappa shape index (κ1) is 12.3. The molecule has 0 radical (unpaired) electrons. The molecule has 2 heterocycles. The maximum absolute atomic E-state index is 6.08. The van der Waals surface area contributed by atoms with Crippen molar-refractivity contribution in [2.45, 2.75) is 0 Å². The van der Waals surface area contributed by atoms with Crippen molar-refractivity contribution in [1.82, 2.24) is 5.16 Å². The minimum Gasteiger partial charge on any atom is -0.378 e. The van der Waals surface area contributed by atoms with E-state index >= 15 is 0 Å². The molecule has 1 aromatic carbocycles. The van der Waals surface area contributed by atoms with E-state index < -0.39 is 0 Å². The Bertz CT molecular complexity index is 579. The van der Waals surface area contributed by atoms with E-state index in [9.17, 15) is 0 Å². The van der Waals surface area contributed by atoms with Crippen molar-refractivity contribution in [3.63, 3.8) is 0 Å². The maximum Gasteiger partial charge on any atom is 0.222 e. The van der Waals surface area contributed by atoms with Crippen molar-refractivity contribution >= 4 is 23.2 Å². The summed E-state index contributed by atoms with van der Waals surface area (Å²) >= 11 is 6.08. The average Bonchev–Trinajstić information content (AvgIpc) is 2.86. The van der Waals surface area contributed by atoms with Crippen LogP contribution in [0.3, 0.4) is 0 Å². The minimum atomic E-state index is 0.294. The third-order valence-corrected chi connectivity index (χ3v) is 3.35. The molecule has 1 saturated heterocycles. The standard InChI is InChI=1S/C13H14ClN3O2/c14-9-1-2-12(17-3-5-18-6-4-17)10(7-9)11-8-13(15)19-16-11/h1-2,7-8H,3-6,15H2. The number of morpholine rings is 1. The number of aromatic nitrogens is 1. The van der Waals surface area contributed by atoms with Crippen LogP contribution in [0.2, 0.25) is 5.02 Å². The molecular formula is C13H14ClN3O2.